The van der Waals surface area contributed by atoms with Crippen molar-refractivity contribution in [2.45, 2.75) is 6.54 Å². The van der Waals surface area contributed by atoms with Crippen LogP contribution in [0.5, 0.6) is 5.75 Å². The Morgan fingerprint density at radius 2 is 1.81 bits per heavy atom. The molecule has 1 saturated heterocycles. The van der Waals surface area contributed by atoms with Crippen LogP contribution >= 0.6 is 11.6 Å². The van der Waals surface area contributed by atoms with Crippen LogP contribution in [0.1, 0.15) is 5.56 Å². The molecule has 1 fully saturated rings. The van der Waals surface area contributed by atoms with Crippen LogP contribution in [-0.2, 0) is 11.3 Å². The first kappa shape index (κ1) is 18.5. The number of anilines is 1. The Morgan fingerprint density at radius 1 is 1.12 bits per heavy atom. The van der Waals surface area contributed by atoms with Crippen LogP contribution in [0.15, 0.2) is 42.5 Å². The maximum absolute atomic E-state index is 13.0. The van der Waals surface area contributed by atoms with Crippen molar-refractivity contribution in [2.24, 2.45) is 0 Å². The smallest absolute Gasteiger partial charge is 0.260 e. The van der Waals surface area contributed by atoms with Gasteiger partial charge in [-0.3, -0.25) is 9.69 Å². The number of hydrogen-bond donors (Lipinski definition) is 1. The van der Waals surface area contributed by atoms with E-state index in [-0.39, 0.29) is 18.3 Å². The van der Waals surface area contributed by atoms with Gasteiger partial charge < -0.3 is 15.4 Å². The first-order chi connectivity index (χ1) is 12.5. The number of carbonyl (C=O) groups is 1. The summed E-state index contributed by atoms with van der Waals surface area (Å²) in [5.41, 5.74) is 7.30. The fourth-order valence-electron chi connectivity index (χ4n) is 2.88. The Morgan fingerprint density at radius 3 is 2.46 bits per heavy atom. The van der Waals surface area contributed by atoms with Crippen LogP contribution in [0.4, 0.5) is 10.1 Å². The first-order valence-electron chi connectivity index (χ1n) is 8.43. The van der Waals surface area contributed by atoms with E-state index in [0.717, 1.165) is 25.2 Å². The number of benzene rings is 2. The van der Waals surface area contributed by atoms with Crippen molar-refractivity contribution in [3.05, 3.63) is 58.9 Å². The topological polar surface area (TPSA) is 58.8 Å². The van der Waals surface area contributed by atoms with E-state index in [0.29, 0.717) is 29.5 Å². The summed E-state index contributed by atoms with van der Waals surface area (Å²) in [5, 5.41) is 0.526. The summed E-state index contributed by atoms with van der Waals surface area (Å²) in [7, 11) is 0. The zero-order valence-electron chi connectivity index (χ0n) is 14.3. The van der Waals surface area contributed by atoms with E-state index in [2.05, 4.69) is 4.90 Å². The van der Waals surface area contributed by atoms with Crippen molar-refractivity contribution >= 4 is 23.2 Å². The molecule has 26 heavy (non-hydrogen) atoms. The molecule has 0 atom stereocenters. The van der Waals surface area contributed by atoms with Crippen molar-refractivity contribution in [3.8, 4) is 5.75 Å². The van der Waals surface area contributed by atoms with Gasteiger partial charge in [-0.2, -0.15) is 0 Å². The summed E-state index contributed by atoms with van der Waals surface area (Å²) in [6.45, 7) is 3.52. The molecule has 0 unspecified atom stereocenters. The highest BCUT2D eigenvalue weighted by molar-refractivity contribution is 6.30. The van der Waals surface area contributed by atoms with Gasteiger partial charge in [0.05, 0.1) is 5.69 Å². The van der Waals surface area contributed by atoms with Crippen LogP contribution in [0, 0.1) is 5.82 Å². The molecule has 2 N–H and O–H groups in total. The summed E-state index contributed by atoms with van der Waals surface area (Å²) in [6, 6.07) is 11.4. The number of nitrogens with two attached hydrogens (primary N) is 1. The fraction of sp³-hybridized carbons (Fsp3) is 0.316. The number of hydrogen-bond acceptors (Lipinski definition) is 4. The Hall–Kier alpha value is -2.31. The SMILES string of the molecule is Nc1cc(Cl)ccc1OCC(=O)N1CCN(Cc2ccc(F)cc2)CC1. The molecule has 0 saturated carbocycles. The summed E-state index contributed by atoms with van der Waals surface area (Å²) < 4.78 is 18.5. The van der Waals surface area contributed by atoms with Crippen molar-refractivity contribution in [3.63, 3.8) is 0 Å². The van der Waals surface area contributed by atoms with Gasteiger partial charge in [-0.05, 0) is 35.9 Å². The lowest BCUT2D eigenvalue weighted by Gasteiger charge is -2.34. The van der Waals surface area contributed by atoms with Gasteiger partial charge in [-0.25, -0.2) is 4.39 Å². The molecule has 0 radical (unpaired) electrons. The third-order valence-corrected chi connectivity index (χ3v) is 4.60. The maximum atomic E-state index is 13.0. The molecule has 5 nitrogen and oxygen atoms in total. The number of halogens is 2. The average Bonchev–Trinajstić information content (AvgIpc) is 2.63. The van der Waals surface area contributed by atoms with Crippen molar-refractivity contribution < 1.29 is 13.9 Å². The van der Waals surface area contributed by atoms with Crippen LogP contribution in [0.3, 0.4) is 0 Å². The summed E-state index contributed by atoms with van der Waals surface area (Å²) in [6.07, 6.45) is 0. The van der Waals surface area contributed by atoms with Crippen molar-refractivity contribution in [1.82, 2.24) is 9.80 Å². The molecule has 2 aromatic rings. The van der Waals surface area contributed by atoms with Crippen molar-refractivity contribution in [1.29, 1.82) is 0 Å². The molecule has 0 aromatic heterocycles. The minimum atomic E-state index is -0.231. The molecule has 138 valence electrons. The number of nitrogens with zero attached hydrogens (tertiary/aromatic N) is 2. The van der Waals surface area contributed by atoms with Crippen LogP contribution in [-0.4, -0.2) is 48.5 Å². The summed E-state index contributed by atoms with van der Waals surface area (Å²) in [4.78, 5) is 16.4. The quantitative estimate of drug-likeness (QED) is 0.814. The fourth-order valence-corrected chi connectivity index (χ4v) is 3.07. The van der Waals surface area contributed by atoms with Gasteiger partial charge in [0, 0.05) is 37.7 Å². The zero-order valence-corrected chi connectivity index (χ0v) is 15.1. The molecule has 0 bridgehead atoms. The lowest BCUT2D eigenvalue weighted by molar-refractivity contribution is -0.135. The monoisotopic (exact) mass is 377 g/mol. The molecule has 1 aliphatic heterocycles. The molecule has 1 aliphatic rings. The van der Waals surface area contributed by atoms with E-state index in [1.807, 2.05) is 0 Å². The van der Waals surface area contributed by atoms with E-state index >= 15 is 0 Å². The standard InChI is InChI=1S/C19H21ClFN3O2/c20-15-3-6-18(17(22)11-15)26-13-19(25)24-9-7-23(8-10-24)12-14-1-4-16(21)5-2-14/h1-6,11H,7-10,12-13,22H2. The summed E-state index contributed by atoms with van der Waals surface area (Å²) >= 11 is 5.85. The molecular formula is C19H21ClFN3O2. The number of carbonyl (C=O) groups excluding carboxylic acids is 1. The van der Waals surface area contributed by atoms with E-state index in [1.54, 1.807) is 35.2 Å². The highest BCUT2D eigenvalue weighted by atomic mass is 35.5. The van der Waals surface area contributed by atoms with Gasteiger partial charge in [0.1, 0.15) is 11.6 Å². The van der Waals surface area contributed by atoms with Crippen LogP contribution in [0.2, 0.25) is 5.02 Å². The second-order valence-electron chi connectivity index (χ2n) is 6.25. The summed E-state index contributed by atoms with van der Waals surface area (Å²) in [5.74, 6) is 0.156. The predicted molar refractivity (Wildman–Crippen MR) is 99.6 cm³/mol. The van der Waals surface area contributed by atoms with Gasteiger partial charge in [0.15, 0.2) is 6.61 Å². The zero-order chi connectivity index (χ0) is 18.5. The van der Waals surface area contributed by atoms with Crippen LogP contribution < -0.4 is 10.5 Å². The minimum absolute atomic E-state index is 0.0518. The molecule has 3 rings (SSSR count). The normalized spacial score (nSPS) is 15.1. The maximum Gasteiger partial charge on any atom is 0.260 e. The van der Waals surface area contributed by atoms with E-state index in [4.69, 9.17) is 22.1 Å². The van der Waals surface area contributed by atoms with E-state index in [1.165, 1.54) is 12.1 Å². The number of rotatable bonds is 5. The van der Waals surface area contributed by atoms with Gasteiger partial charge in [0.25, 0.3) is 5.91 Å². The second-order valence-corrected chi connectivity index (χ2v) is 6.69. The molecule has 1 heterocycles. The highest BCUT2D eigenvalue weighted by Crippen LogP contribution is 2.24. The minimum Gasteiger partial charge on any atom is -0.482 e. The lowest BCUT2D eigenvalue weighted by atomic mass is 10.2. The highest BCUT2D eigenvalue weighted by Gasteiger charge is 2.21. The van der Waals surface area contributed by atoms with Gasteiger partial charge >= 0.3 is 0 Å². The van der Waals surface area contributed by atoms with Gasteiger partial charge in [-0.15, -0.1) is 0 Å². The molecule has 0 spiro atoms. The number of ether oxygens (including phenoxy) is 1. The number of piperazine rings is 1. The largest absolute Gasteiger partial charge is 0.482 e. The third-order valence-electron chi connectivity index (χ3n) is 4.37. The first-order valence-corrected chi connectivity index (χ1v) is 8.81. The van der Waals surface area contributed by atoms with E-state index in [9.17, 15) is 9.18 Å². The molecule has 2 aromatic carbocycles. The van der Waals surface area contributed by atoms with Crippen molar-refractivity contribution in [2.75, 3.05) is 38.5 Å². The second kappa shape index (κ2) is 8.38. The predicted octanol–water partition coefficient (Wildman–Crippen LogP) is 2.78. The average molecular weight is 378 g/mol. The third kappa shape index (κ3) is 4.86. The van der Waals surface area contributed by atoms with Gasteiger partial charge in [-0.1, -0.05) is 23.7 Å². The molecule has 0 aliphatic carbocycles. The Labute approximate surface area is 157 Å². The molecule has 1 amide bonds. The Kier molecular flexibility index (Phi) is 5.96. The molecule has 7 heteroatoms. The number of nitrogen functional groups attached to an aromatic ring is 1. The Bertz CT molecular complexity index is 762. The molecular weight excluding hydrogens is 357 g/mol. The Balaban J connectivity index is 1.45. The lowest BCUT2D eigenvalue weighted by Crippen LogP contribution is -2.49. The van der Waals surface area contributed by atoms with Gasteiger partial charge in [0.2, 0.25) is 0 Å². The number of amides is 1. The van der Waals surface area contributed by atoms with E-state index < -0.39 is 0 Å². The van der Waals surface area contributed by atoms with Crippen LogP contribution in [0.25, 0.3) is 0 Å².